The van der Waals surface area contributed by atoms with E-state index in [0.717, 1.165) is 30.5 Å². The van der Waals surface area contributed by atoms with E-state index in [2.05, 4.69) is 17.6 Å². The molecule has 1 saturated carbocycles. The van der Waals surface area contributed by atoms with Gasteiger partial charge in [-0.2, -0.15) is 5.26 Å². The van der Waals surface area contributed by atoms with Crippen molar-refractivity contribution < 1.29 is 14.3 Å². The van der Waals surface area contributed by atoms with E-state index in [1.165, 1.54) is 6.42 Å². The van der Waals surface area contributed by atoms with E-state index < -0.39 is 0 Å². The highest BCUT2D eigenvalue weighted by atomic mass is 16.5. The molecule has 1 fully saturated rings. The number of hydrogen-bond donors (Lipinski definition) is 2. The van der Waals surface area contributed by atoms with Crippen LogP contribution in [0.1, 0.15) is 43.7 Å². The summed E-state index contributed by atoms with van der Waals surface area (Å²) < 4.78 is 5.53. The number of carbonyl (C=O) groups excluding carboxylic acids is 2. The van der Waals surface area contributed by atoms with Gasteiger partial charge in [0.05, 0.1) is 0 Å². The van der Waals surface area contributed by atoms with Gasteiger partial charge in [-0.3, -0.25) is 9.59 Å². The molecule has 2 aromatic carbocycles. The first-order valence-corrected chi connectivity index (χ1v) is 11.0. The Morgan fingerprint density at radius 1 is 1.09 bits per heavy atom. The van der Waals surface area contributed by atoms with Crippen LogP contribution >= 0.6 is 0 Å². The zero-order chi connectivity index (χ0) is 22.9. The Bertz CT molecular complexity index is 1000. The van der Waals surface area contributed by atoms with E-state index in [4.69, 9.17) is 4.74 Å². The highest BCUT2D eigenvalue weighted by molar-refractivity contribution is 6.01. The van der Waals surface area contributed by atoms with Crippen LogP contribution < -0.4 is 15.4 Å². The molecule has 0 heterocycles. The lowest BCUT2D eigenvalue weighted by molar-refractivity contribution is -0.119. The number of carbonyl (C=O) groups is 2. The van der Waals surface area contributed by atoms with Gasteiger partial charge >= 0.3 is 0 Å². The Hall–Kier alpha value is -3.59. The number of benzene rings is 2. The number of rotatable bonds is 7. The van der Waals surface area contributed by atoms with Crippen LogP contribution in [0.5, 0.6) is 5.75 Å². The molecule has 32 heavy (non-hydrogen) atoms. The Morgan fingerprint density at radius 3 is 2.44 bits per heavy atom. The lowest BCUT2D eigenvalue weighted by Gasteiger charge is -2.29. The third kappa shape index (κ3) is 6.71. The Labute approximate surface area is 189 Å². The molecule has 0 aromatic heterocycles. The minimum Gasteiger partial charge on any atom is -0.484 e. The van der Waals surface area contributed by atoms with Gasteiger partial charge in [0, 0.05) is 11.7 Å². The highest BCUT2D eigenvalue weighted by Gasteiger charge is 2.24. The van der Waals surface area contributed by atoms with Crippen molar-refractivity contribution in [2.45, 2.75) is 45.6 Å². The highest BCUT2D eigenvalue weighted by Crippen LogP contribution is 2.24. The molecule has 0 bridgehead atoms. The summed E-state index contributed by atoms with van der Waals surface area (Å²) >= 11 is 0. The predicted octanol–water partition coefficient (Wildman–Crippen LogP) is 4.61. The second-order valence-electron chi connectivity index (χ2n) is 8.28. The molecule has 0 radical (unpaired) electrons. The van der Waals surface area contributed by atoms with Crippen molar-refractivity contribution in [3.63, 3.8) is 0 Å². The first-order valence-electron chi connectivity index (χ1n) is 11.0. The molecule has 166 valence electrons. The molecule has 0 spiro atoms. The molecular formula is C26H29N3O3. The molecule has 0 unspecified atom stereocenters. The second kappa shape index (κ2) is 11.1. The average molecular weight is 432 g/mol. The van der Waals surface area contributed by atoms with Crippen LogP contribution in [0.15, 0.2) is 54.1 Å². The van der Waals surface area contributed by atoms with Crippen molar-refractivity contribution in [3.05, 3.63) is 65.2 Å². The first-order chi connectivity index (χ1) is 15.4. The van der Waals surface area contributed by atoms with Crippen LogP contribution in [0.25, 0.3) is 6.08 Å². The van der Waals surface area contributed by atoms with E-state index in [0.29, 0.717) is 17.2 Å². The van der Waals surface area contributed by atoms with Crippen molar-refractivity contribution in [2.24, 2.45) is 5.92 Å². The molecule has 2 N–H and O–H groups in total. The predicted molar refractivity (Wildman–Crippen MR) is 125 cm³/mol. The van der Waals surface area contributed by atoms with Gasteiger partial charge in [0.15, 0.2) is 6.61 Å². The van der Waals surface area contributed by atoms with Gasteiger partial charge in [0.25, 0.3) is 11.8 Å². The summed E-state index contributed by atoms with van der Waals surface area (Å²) in [6, 6.07) is 16.6. The summed E-state index contributed by atoms with van der Waals surface area (Å²) in [5.41, 5.74) is 2.63. The molecule has 3 rings (SSSR count). The summed E-state index contributed by atoms with van der Waals surface area (Å²) in [5.74, 6) is 0.366. The third-order valence-electron chi connectivity index (χ3n) is 5.69. The molecule has 2 atom stereocenters. The normalized spacial score (nSPS) is 18.3. The van der Waals surface area contributed by atoms with Crippen LogP contribution in [0.2, 0.25) is 0 Å². The maximum Gasteiger partial charge on any atom is 0.262 e. The molecule has 6 heteroatoms. The van der Waals surface area contributed by atoms with Gasteiger partial charge < -0.3 is 15.4 Å². The van der Waals surface area contributed by atoms with Crippen molar-refractivity contribution >= 4 is 23.6 Å². The van der Waals surface area contributed by atoms with Crippen LogP contribution in [-0.4, -0.2) is 24.5 Å². The minimum absolute atomic E-state index is 0.0777. The van der Waals surface area contributed by atoms with Gasteiger partial charge in [-0.15, -0.1) is 0 Å². The lowest BCUT2D eigenvalue weighted by atomic mass is 9.86. The van der Waals surface area contributed by atoms with Gasteiger partial charge in [-0.25, -0.2) is 0 Å². The quantitative estimate of drug-likeness (QED) is 0.495. The Kier molecular flexibility index (Phi) is 8.04. The molecule has 0 saturated heterocycles. The van der Waals surface area contributed by atoms with Crippen LogP contribution in [0.4, 0.5) is 5.69 Å². The number of aryl methyl sites for hydroxylation is 1. The summed E-state index contributed by atoms with van der Waals surface area (Å²) in [6.07, 6.45) is 5.91. The summed E-state index contributed by atoms with van der Waals surface area (Å²) in [5, 5.41) is 15.2. The van der Waals surface area contributed by atoms with Gasteiger partial charge in [-0.05, 0) is 61.6 Å². The molecule has 0 aliphatic heterocycles. The summed E-state index contributed by atoms with van der Waals surface area (Å²) in [6.45, 7) is 4.00. The van der Waals surface area contributed by atoms with E-state index in [1.807, 2.05) is 37.3 Å². The third-order valence-corrected chi connectivity index (χ3v) is 5.69. The van der Waals surface area contributed by atoms with Crippen molar-refractivity contribution in [3.8, 4) is 11.8 Å². The van der Waals surface area contributed by atoms with Crippen molar-refractivity contribution in [1.82, 2.24) is 5.32 Å². The number of nitrogens with zero attached hydrogens (tertiary/aromatic N) is 1. The number of ether oxygens (including phenoxy) is 1. The fraction of sp³-hybridized carbons (Fsp3) is 0.346. The van der Waals surface area contributed by atoms with E-state index in [-0.39, 0.29) is 30.0 Å². The number of anilines is 1. The largest absolute Gasteiger partial charge is 0.484 e. The van der Waals surface area contributed by atoms with E-state index >= 15 is 0 Å². The van der Waals surface area contributed by atoms with Crippen molar-refractivity contribution in [2.75, 3.05) is 11.9 Å². The molecule has 2 amide bonds. The Morgan fingerprint density at radius 2 is 1.78 bits per heavy atom. The van der Waals surface area contributed by atoms with Gasteiger partial charge in [-0.1, -0.05) is 49.6 Å². The van der Waals surface area contributed by atoms with Crippen LogP contribution in [0, 0.1) is 24.2 Å². The van der Waals surface area contributed by atoms with Gasteiger partial charge in [0.1, 0.15) is 17.4 Å². The van der Waals surface area contributed by atoms with E-state index in [1.54, 1.807) is 30.3 Å². The summed E-state index contributed by atoms with van der Waals surface area (Å²) in [7, 11) is 0. The Balaban J connectivity index is 1.53. The molecular weight excluding hydrogens is 402 g/mol. The van der Waals surface area contributed by atoms with Crippen LogP contribution in [0.3, 0.4) is 0 Å². The standard InChI is InChI=1S/C26H29N3O3/c1-18-7-11-22(12-8-18)28-25(30)17-32-23-13-9-20(10-14-23)15-21(16-27)26(31)29-24-6-4-3-5-19(24)2/h7-15,19,24H,3-6,17H2,1-2H3,(H,28,30)(H,29,31)/b21-15+/t19-,24+/m0/s1. The number of nitrogens with one attached hydrogen (secondary N) is 2. The monoisotopic (exact) mass is 431 g/mol. The topological polar surface area (TPSA) is 91.2 Å². The fourth-order valence-electron chi connectivity index (χ4n) is 3.74. The fourth-order valence-corrected chi connectivity index (χ4v) is 3.74. The average Bonchev–Trinajstić information content (AvgIpc) is 2.80. The SMILES string of the molecule is Cc1ccc(NC(=O)COc2ccc(/C=C(\C#N)C(=O)N[C@@H]3CCCC[C@@H]3C)cc2)cc1. The van der Waals surface area contributed by atoms with Gasteiger partial charge in [0.2, 0.25) is 0 Å². The first kappa shape index (κ1) is 23.1. The number of nitriles is 1. The smallest absolute Gasteiger partial charge is 0.262 e. The molecule has 2 aromatic rings. The zero-order valence-corrected chi connectivity index (χ0v) is 18.6. The maximum absolute atomic E-state index is 12.5. The molecule has 1 aliphatic carbocycles. The zero-order valence-electron chi connectivity index (χ0n) is 18.6. The minimum atomic E-state index is -0.334. The number of amides is 2. The van der Waals surface area contributed by atoms with Crippen molar-refractivity contribution in [1.29, 1.82) is 5.26 Å². The van der Waals surface area contributed by atoms with Crippen LogP contribution in [-0.2, 0) is 9.59 Å². The maximum atomic E-state index is 12.5. The lowest BCUT2D eigenvalue weighted by Crippen LogP contribution is -2.41. The second-order valence-corrected chi connectivity index (χ2v) is 8.28. The molecule has 1 aliphatic rings. The number of hydrogen-bond acceptors (Lipinski definition) is 4. The summed E-state index contributed by atoms with van der Waals surface area (Å²) in [4.78, 5) is 24.6. The van der Waals surface area contributed by atoms with E-state index in [9.17, 15) is 14.9 Å². The molecule has 6 nitrogen and oxygen atoms in total.